The fraction of sp³-hybridized carbons (Fsp3) is 0.857. The van der Waals surface area contributed by atoms with E-state index in [-0.39, 0.29) is 6.10 Å². The first-order valence-corrected chi connectivity index (χ1v) is 16.6. The zero-order chi connectivity index (χ0) is 31.7. The Morgan fingerprint density at radius 1 is 1.02 bits per heavy atom. The number of hydrogen-bond acceptors (Lipinski definition) is 12. The predicted octanol–water partition coefficient (Wildman–Crippen LogP) is 2.15. The van der Waals surface area contributed by atoms with Gasteiger partial charge in [-0.05, 0) is 56.3 Å². The summed E-state index contributed by atoms with van der Waals surface area (Å²) in [5, 5.41) is -4.76. The van der Waals surface area contributed by atoms with Crippen molar-refractivity contribution in [2.75, 3.05) is 0 Å². The Balaban J connectivity index is 1.03. The minimum Gasteiger partial charge on any atom is -0.455 e. The van der Waals surface area contributed by atoms with Gasteiger partial charge in [-0.3, -0.25) is 23.7 Å². The number of carbonyl (C=O) groups is 4. The number of rotatable bonds is 12. The fourth-order valence-electron chi connectivity index (χ4n) is 8.46. The van der Waals surface area contributed by atoms with E-state index in [9.17, 15) is 36.4 Å². The van der Waals surface area contributed by atoms with Crippen molar-refractivity contribution in [3.05, 3.63) is 0 Å². The fourth-order valence-corrected chi connectivity index (χ4v) is 8.93. The summed E-state index contributed by atoms with van der Waals surface area (Å²) in [5.74, 6) is -3.27. The predicted molar refractivity (Wildman–Crippen MR) is 139 cm³/mol. The summed E-state index contributed by atoms with van der Waals surface area (Å²) in [6.07, 6.45) is -2.60. The quantitative estimate of drug-likeness (QED) is 0.141. The molecule has 13 atom stereocenters. The van der Waals surface area contributed by atoms with Crippen LogP contribution in [-0.2, 0) is 57.7 Å². The lowest BCUT2D eigenvalue weighted by Gasteiger charge is -2.34. The van der Waals surface area contributed by atoms with Gasteiger partial charge >= 0.3 is 39.2 Å². The maximum absolute atomic E-state index is 13.6. The van der Waals surface area contributed by atoms with Crippen LogP contribution >= 0.6 is 0 Å². The summed E-state index contributed by atoms with van der Waals surface area (Å²) in [6.45, 7) is 2.40. The second kappa shape index (κ2) is 11.4. The lowest BCUT2D eigenvalue weighted by Crippen LogP contribution is -2.48. The standard InChI is InChI=1S/C28H36F2O13S/c1-3-19(39-16-10-12-9-15(16)14-6-4-5-13(12)14)41-26(33)20-21-23-25(43-27(21)34)24(22(20)42-23)40-18(32)8-7-17(31)38-11(2)28(29,30)44(35,36)37/h11-16,19-25H,3-10H2,1-2H3,(H,35,36,37). The first-order valence-electron chi connectivity index (χ1n) is 15.2. The average molecular weight is 651 g/mol. The summed E-state index contributed by atoms with van der Waals surface area (Å²) in [6, 6.07) is 0. The van der Waals surface area contributed by atoms with Crippen molar-refractivity contribution >= 4 is 34.0 Å². The number of hydrogen-bond donors (Lipinski definition) is 1. The number of ether oxygens (including phenoxy) is 6. The topological polar surface area (TPSA) is 178 Å². The first kappa shape index (κ1) is 31.5. The zero-order valence-corrected chi connectivity index (χ0v) is 25.0. The summed E-state index contributed by atoms with van der Waals surface area (Å²) in [4.78, 5) is 50.6. The minimum absolute atomic E-state index is 0.0110. The molecular formula is C28H36F2O13S. The number of esters is 4. The molecule has 3 heterocycles. The van der Waals surface area contributed by atoms with Crippen LogP contribution in [0.1, 0.15) is 65.2 Å². The van der Waals surface area contributed by atoms with Crippen molar-refractivity contribution < 1.29 is 69.4 Å². The first-order chi connectivity index (χ1) is 20.7. The van der Waals surface area contributed by atoms with Gasteiger partial charge in [0.15, 0.2) is 18.3 Å². The Hall–Kier alpha value is -2.43. The molecule has 0 aromatic rings. The van der Waals surface area contributed by atoms with E-state index in [1.165, 1.54) is 19.3 Å². The molecule has 0 spiro atoms. The van der Waals surface area contributed by atoms with E-state index in [1.807, 2.05) is 6.92 Å². The summed E-state index contributed by atoms with van der Waals surface area (Å²) < 4.78 is 90.6. The van der Waals surface area contributed by atoms with E-state index in [4.69, 9.17) is 28.2 Å². The summed E-state index contributed by atoms with van der Waals surface area (Å²) >= 11 is 0. The molecule has 16 heteroatoms. The van der Waals surface area contributed by atoms with E-state index >= 15 is 0 Å². The molecule has 3 aliphatic heterocycles. The molecule has 1 N–H and O–H groups in total. The van der Waals surface area contributed by atoms with Crippen molar-refractivity contribution in [1.29, 1.82) is 0 Å². The largest absolute Gasteiger partial charge is 0.455 e. The molecule has 0 aromatic carbocycles. The van der Waals surface area contributed by atoms with Gasteiger partial charge in [0.1, 0.15) is 24.0 Å². The third kappa shape index (κ3) is 5.28. The average Bonchev–Trinajstić information content (AvgIpc) is 3.77. The number of fused-ring (bicyclic) bond motifs is 6. The van der Waals surface area contributed by atoms with E-state index < -0.39 is 101 Å². The number of alkyl halides is 2. The van der Waals surface area contributed by atoms with Crippen LogP contribution in [0.25, 0.3) is 0 Å². The van der Waals surface area contributed by atoms with E-state index in [0.29, 0.717) is 31.1 Å². The highest BCUT2D eigenvalue weighted by atomic mass is 32.2. The highest BCUT2D eigenvalue weighted by Gasteiger charge is 2.72. The van der Waals surface area contributed by atoms with E-state index in [0.717, 1.165) is 18.8 Å². The second-order valence-corrected chi connectivity index (χ2v) is 14.2. The van der Waals surface area contributed by atoms with Crippen LogP contribution < -0.4 is 0 Å². The van der Waals surface area contributed by atoms with E-state index in [1.54, 1.807) is 0 Å². The Labute approximate surface area is 252 Å². The lowest BCUT2D eigenvalue weighted by molar-refractivity contribution is -0.206. The van der Waals surface area contributed by atoms with Crippen molar-refractivity contribution in [1.82, 2.24) is 0 Å². The van der Waals surface area contributed by atoms with Crippen LogP contribution in [0.15, 0.2) is 0 Å². The van der Waals surface area contributed by atoms with Crippen molar-refractivity contribution in [2.24, 2.45) is 35.5 Å². The van der Waals surface area contributed by atoms with Gasteiger partial charge in [-0.15, -0.1) is 0 Å². The summed E-state index contributed by atoms with van der Waals surface area (Å²) in [7, 11) is -5.85. The van der Waals surface area contributed by atoms with Gasteiger partial charge in [-0.1, -0.05) is 13.3 Å². The van der Waals surface area contributed by atoms with E-state index in [2.05, 4.69) is 4.74 Å². The van der Waals surface area contributed by atoms with Crippen LogP contribution in [0.3, 0.4) is 0 Å². The molecule has 6 rings (SSSR count). The van der Waals surface area contributed by atoms with Crippen molar-refractivity contribution in [3.8, 4) is 0 Å². The SMILES string of the molecule is CCC(OC(=O)C1C2OC3C(OC(=O)C31)C2OC(=O)CCC(=O)OC(C)C(F)(F)S(=O)(=O)O)OC1CC2CC1C1CCCC21. The zero-order valence-electron chi connectivity index (χ0n) is 24.2. The Bertz CT molecular complexity index is 1310. The van der Waals surface area contributed by atoms with Crippen LogP contribution in [0.4, 0.5) is 8.78 Å². The molecule has 3 saturated carbocycles. The molecule has 3 saturated heterocycles. The van der Waals surface area contributed by atoms with Crippen molar-refractivity contribution in [3.63, 3.8) is 0 Å². The third-order valence-corrected chi connectivity index (χ3v) is 11.4. The molecule has 0 amide bonds. The molecule has 13 unspecified atom stereocenters. The second-order valence-electron chi connectivity index (χ2n) is 12.7. The maximum Gasteiger partial charge on any atom is 0.405 e. The lowest BCUT2D eigenvalue weighted by atomic mass is 9.78. The van der Waals surface area contributed by atoms with Crippen LogP contribution in [0, 0.1) is 35.5 Å². The normalized spacial score (nSPS) is 39.6. The Morgan fingerprint density at radius 3 is 2.43 bits per heavy atom. The highest BCUT2D eigenvalue weighted by Crippen LogP contribution is 2.59. The summed E-state index contributed by atoms with van der Waals surface area (Å²) in [5.41, 5.74) is 0. The molecular weight excluding hydrogens is 614 g/mol. The number of halogens is 2. The monoisotopic (exact) mass is 650 g/mol. The molecule has 44 heavy (non-hydrogen) atoms. The van der Waals surface area contributed by atoms with Gasteiger partial charge in [0, 0.05) is 6.42 Å². The van der Waals surface area contributed by atoms with Gasteiger partial charge in [-0.25, -0.2) is 0 Å². The third-order valence-electron chi connectivity index (χ3n) is 10.4. The van der Waals surface area contributed by atoms with Crippen LogP contribution in [0.5, 0.6) is 0 Å². The number of carbonyl (C=O) groups excluding carboxylic acids is 4. The van der Waals surface area contributed by atoms with Crippen molar-refractivity contribution in [2.45, 2.75) is 113 Å². The molecule has 0 radical (unpaired) electrons. The maximum atomic E-state index is 13.6. The van der Waals surface area contributed by atoms with Gasteiger partial charge in [0.2, 0.25) is 6.29 Å². The Kier molecular flexibility index (Phi) is 8.19. The minimum atomic E-state index is -5.85. The van der Waals surface area contributed by atoms with Gasteiger partial charge in [0.05, 0.1) is 18.9 Å². The van der Waals surface area contributed by atoms with Crippen LogP contribution in [0.2, 0.25) is 0 Å². The van der Waals surface area contributed by atoms with Gasteiger partial charge < -0.3 is 28.4 Å². The Morgan fingerprint density at radius 2 is 1.73 bits per heavy atom. The highest BCUT2D eigenvalue weighted by molar-refractivity contribution is 7.86. The molecule has 3 aliphatic carbocycles. The smallest absolute Gasteiger partial charge is 0.405 e. The molecule has 246 valence electrons. The van der Waals surface area contributed by atoms with Gasteiger partial charge in [0.25, 0.3) is 0 Å². The molecule has 6 fully saturated rings. The molecule has 0 aromatic heterocycles. The molecule has 4 bridgehead atoms. The van der Waals surface area contributed by atoms with Gasteiger partial charge in [-0.2, -0.15) is 17.2 Å². The van der Waals surface area contributed by atoms with Crippen LogP contribution in [-0.4, -0.2) is 85.0 Å². The molecule has 6 aliphatic rings. The molecule has 13 nitrogen and oxygen atoms in total.